The maximum atomic E-state index is 14.1. The number of piperidine rings is 3. The molecule has 47 heavy (non-hydrogen) atoms. The summed E-state index contributed by atoms with van der Waals surface area (Å²) in [5.74, 6) is 1.23. The van der Waals surface area contributed by atoms with Gasteiger partial charge in [0.15, 0.2) is 6.10 Å². The SMILES string of the molecule is Cc1cc(C[C@@H](OC(=O)N2CCC(N3CCc4ccccc4NC3=O)CC2)C(=O)N2CCC(C3CCNCC3)CC2)cc2n[nH]nc12. The van der Waals surface area contributed by atoms with Crippen molar-refractivity contribution in [2.24, 2.45) is 11.8 Å². The zero-order valence-electron chi connectivity index (χ0n) is 27.2. The van der Waals surface area contributed by atoms with Crippen LogP contribution in [-0.2, 0) is 22.4 Å². The summed E-state index contributed by atoms with van der Waals surface area (Å²) >= 11 is 0. The van der Waals surface area contributed by atoms with Crippen LogP contribution in [0.3, 0.4) is 0 Å². The summed E-state index contributed by atoms with van der Waals surface area (Å²) in [6.07, 6.45) is 5.35. The van der Waals surface area contributed by atoms with Crippen LogP contribution < -0.4 is 10.6 Å². The van der Waals surface area contributed by atoms with E-state index in [1.165, 1.54) is 12.8 Å². The van der Waals surface area contributed by atoms with Gasteiger partial charge >= 0.3 is 12.1 Å². The van der Waals surface area contributed by atoms with Crippen LogP contribution in [0.25, 0.3) is 11.0 Å². The van der Waals surface area contributed by atoms with Crippen LogP contribution in [0.4, 0.5) is 15.3 Å². The number of benzene rings is 2. The Balaban J connectivity index is 1.00. The maximum absolute atomic E-state index is 14.1. The molecule has 3 fully saturated rings. The minimum absolute atomic E-state index is 0.0317. The fourth-order valence-corrected chi connectivity index (χ4v) is 8.11. The van der Waals surface area contributed by atoms with Gasteiger partial charge in [0.1, 0.15) is 11.0 Å². The summed E-state index contributed by atoms with van der Waals surface area (Å²) in [5, 5.41) is 17.7. The molecule has 250 valence electrons. The van der Waals surface area contributed by atoms with E-state index in [9.17, 15) is 14.4 Å². The summed E-state index contributed by atoms with van der Waals surface area (Å²) in [5.41, 5.74) is 5.35. The molecule has 12 heteroatoms. The van der Waals surface area contributed by atoms with Gasteiger partial charge in [0.2, 0.25) is 0 Å². The number of aryl methyl sites for hydroxylation is 1. The van der Waals surface area contributed by atoms with Gasteiger partial charge in [-0.2, -0.15) is 15.4 Å². The lowest BCUT2D eigenvalue weighted by atomic mass is 9.79. The van der Waals surface area contributed by atoms with E-state index in [1.807, 2.05) is 47.1 Å². The Labute approximate surface area is 275 Å². The number of aromatic amines is 1. The predicted molar refractivity (Wildman–Crippen MR) is 178 cm³/mol. The average molecular weight is 643 g/mol. The molecule has 1 aromatic heterocycles. The second-order valence-corrected chi connectivity index (χ2v) is 13.7. The fraction of sp³-hybridized carbons (Fsp3) is 0.571. The molecule has 3 aromatic rings. The molecule has 0 bridgehead atoms. The Morgan fingerprint density at radius 3 is 2.43 bits per heavy atom. The maximum Gasteiger partial charge on any atom is 0.410 e. The van der Waals surface area contributed by atoms with Crippen LogP contribution in [0.15, 0.2) is 36.4 Å². The number of anilines is 1. The molecular weight excluding hydrogens is 596 g/mol. The number of hydrogen-bond acceptors (Lipinski definition) is 7. The molecule has 4 aliphatic rings. The summed E-state index contributed by atoms with van der Waals surface area (Å²) < 4.78 is 6.10. The Bertz CT molecular complexity index is 1590. The van der Waals surface area contributed by atoms with E-state index in [4.69, 9.17) is 4.74 Å². The molecule has 4 aliphatic heterocycles. The van der Waals surface area contributed by atoms with Gasteiger partial charge in [0, 0.05) is 50.9 Å². The molecule has 0 saturated carbocycles. The summed E-state index contributed by atoms with van der Waals surface area (Å²) in [7, 11) is 0. The Morgan fingerprint density at radius 1 is 0.915 bits per heavy atom. The number of carbonyl (C=O) groups excluding carboxylic acids is 3. The zero-order chi connectivity index (χ0) is 32.3. The lowest BCUT2D eigenvalue weighted by Gasteiger charge is -2.39. The van der Waals surface area contributed by atoms with Crippen molar-refractivity contribution < 1.29 is 19.1 Å². The molecule has 7 rings (SSSR count). The van der Waals surface area contributed by atoms with Gasteiger partial charge in [0.05, 0.1) is 0 Å². The van der Waals surface area contributed by atoms with Gasteiger partial charge in [0.25, 0.3) is 5.91 Å². The standard InChI is InChI=1S/C35H46N8O4/c1-23-20-24(21-30-32(23)39-40-38-30)22-31(33(44)41-15-8-26(9-16-41)25-6-13-36-14-7-25)47-35(46)42-17-11-28(12-18-42)43-19-10-27-4-2-3-5-29(27)37-34(43)45/h2-5,20-21,25-26,28,31,36H,6-19,22H2,1H3,(H,37,45)(H,38,39,40)/t31-/m1/s1. The van der Waals surface area contributed by atoms with E-state index in [2.05, 4.69) is 32.1 Å². The first-order valence-corrected chi connectivity index (χ1v) is 17.3. The van der Waals surface area contributed by atoms with Crippen molar-refractivity contribution in [1.29, 1.82) is 0 Å². The van der Waals surface area contributed by atoms with Crippen LogP contribution in [0.1, 0.15) is 55.2 Å². The van der Waals surface area contributed by atoms with Gasteiger partial charge in [-0.3, -0.25) is 4.79 Å². The zero-order valence-corrected chi connectivity index (χ0v) is 27.2. The molecule has 3 N–H and O–H groups in total. The molecule has 2 aromatic carbocycles. The number of hydrogen-bond donors (Lipinski definition) is 3. The largest absolute Gasteiger partial charge is 0.436 e. The quantitative estimate of drug-likeness (QED) is 0.368. The van der Waals surface area contributed by atoms with Gasteiger partial charge in [-0.25, -0.2) is 9.59 Å². The average Bonchev–Trinajstić information content (AvgIpc) is 3.52. The van der Waals surface area contributed by atoms with Gasteiger partial charge in [-0.05, 0) is 106 Å². The first-order valence-electron chi connectivity index (χ1n) is 17.3. The van der Waals surface area contributed by atoms with Crippen LogP contribution in [-0.4, -0.2) is 106 Å². The molecule has 4 amide bonds. The Morgan fingerprint density at radius 2 is 1.64 bits per heavy atom. The first kappa shape index (κ1) is 31.4. The highest BCUT2D eigenvalue weighted by Gasteiger charge is 2.36. The fourth-order valence-electron chi connectivity index (χ4n) is 8.11. The van der Waals surface area contributed by atoms with E-state index in [0.29, 0.717) is 51.5 Å². The van der Waals surface area contributed by atoms with Crippen molar-refractivity contribution in [3.05, 3.63) is 53.1 Å². The molecule has 0 unspecified atom stereocenters. The molecule has 1 atom stereocenters. The minimum atomic E-state index is -0.936. The summed E-state index contributed by atoms with van der Waals surface area (Å²) in [6.45, 7) is 7.07. The van der Waals surface area contributed by atoms with E-state index in [1.54, 1.807) is 4.90 Å². The third kappa shape index (κ3) is 6.93. The topological polar surface area (TPSA) is 136 Å². The smallest absolute Gasteiger partial charge is 0.410 e. The number of H-pyrrole nitrogens is 1. The third-order valence-electron chi connectivity index (χ3n) is 10.8. The molecular formula is C35H46N8O4. The number of nitrogens with one attached hydrogen (secondary N) is 3. The molecule has 3 saturated heterocycles. The third-order valence-corrected chi connectivity index (χ3v) is 10.8. The summed E-state index contributed by atoms with van der Waals surface area (Å²) in [6, 6.07) is 11.8. The lowest BCUT2D eigenvalue weighted by Crippen LogP contribution is -2.52. The number of carbonyl (C=O) groups is 3. The van der Waals surface area contributed by atoms with Gasteiger partial charge in [-0.15, -0.1) is 0 Å². The second-order valence-electron chi connectivity index (χ2n) is 13.7. The number of rotatable bonds is 6. The van der Waals surface area contributed by atoms with E-state index < -0.39 is 12.2 Å². The number of ether oxygens (including phenoxy) is 1. The van der Waals surface area contributed by atoms with Crippen LogP contribution in [0.2, 0.25) is 0 Å². The number of para-hydroxylation sites is 1. The van der Waals surface area contributed by atoms with Crippen molar-refractivity contribution in [2.45, 2.75) is 70.4 Å². The van der Waals surface area contributed by atoms with Crippen LogP contribution in [0, 0.1) is 18.8 Å². The minimum Gasteiger partial charge on any atom is -0.436 e. The lowest BCUT2D eigenvalue weighted by molar-refractivity contribution is -0.142. The van der Waals surface area contributed by atoms with E-state index in [-0.39, 0.29) is 24.4 Å². The number of likely N-dealkylation sites (tertiary alicyclic amines) is 2. The van der Waals surface area contributed by atoms with E-state index >= 15 is 0 Å². The van der Waals surface area contributed by atoms with Crippen molar-refractivity contribution in [3.8, 4) is 0 Å². The summed E-state index contributed by atoms with van der Waals surface area (Å²) in [4.78, 5) is 46.3. The number of fused-ring (bicyclic) bond motifs is 2. The highest BCUT2D eigenvalue weighted by molar-refractivity contribution is 5.91. The highest BCUT2D eigenvalue weighted by Crippen LogP contribution is 2.32. The normalized spacial score (nSPS) is 20.9. The van der Waals surface area contributed by atoms with Crippen molar-refractivity contribution in [2.75, 3.05) is 51.1 Å². The number of urea groups is 1. The predicted octanol–water partition coefficient (Wildman–Crippen LogP) is 4.11. The molecule has 0 radical (unpaired) electrons. The number of aromatic nitrogens is 3. The van der Waals surface area contributed by atoms with Crippen molar-refractivity contribution in [3.63, 3.8) is 0 Å². The van der Waals surface area contributed by atoms with E-state index in [0.717, 1.165) is 71.7 Å². The number of nitrogens with zero attached hydrogens (tertiary/aromatic N) is 5. The van der Waals surface area contributed by atoms with Gasteiger partial charge in [-0.1, -0.05) is 24.3 Å². The highest BCUT2D eigenvalue weighted by atomic mass is 16.6. The number of amides is 4. The molecule has 0 aliphatic carbocycles. The first-order chi connectivity index (χ1) is 22.9. The van der Waals surface area contributed by atoms with Crippen LogP contribution in [0.5, 0.6) is 0 Å². The monoisotopic (exact) mass is 642 g/mol. The Kier molecular flexibility index (Phi) is 9.28. The van der Waals surface area contributed by atoms with Crippen molar-refractivity contribution >= 4 is 34.8 Å². The Hall–Kier alpha value is -4.19. The molecule has 0 spiro atoms. The second kappa shape index (κ2) is 13.9. The molecule has 5 heterocycles. The van der Waals surface area contributed by atoms with Gasteiger partial charge < -0.3 is 30.1 Å². The molecule has 12 nitrogen and oxygen atoms in total. The van der Waals surface area contributed by atoms with Crippen LogP contribution >= 0.6 is 0 Å². The van der Waals surface area contributed by atoms with Crippen molar-refractivity contribution in [1.82, 2.24) is 35.4 Å².